The van der Waals surface area contributed by atoms with Crippen molar-refractivity contribution in [1.29, 1.82) is 0 Å². The van der Waals surface area contributed by atoms with Gasteiger partial charge in [0.25, 0.3) is 0 Å². The Balaban J connectivity index is 1.99. The largest absolute Gasteiger partial charge is 0.370 e. The fourth-order valence-electron chi connectivity index (χ4n) is 2.76. The third kappa shape index (κ3) is 2.85. The first kappa shape index (κ1) is 14.6. The Morgan fingerprint density at radius 1 is 1.43 bits per heavy atom. The molecule has 3 heterocycles. The van der Waals surface area contributed by atoms with Gasteiger partial charge in [0.2, 0.25) is 0 Å². The minimum atomic E-state index is 0.0463. The predicted octanol–water partition coefficient (Wildman–Crippen LogP) is 2.69. The van der Waals surface area contributed by atoms with E-state index in [4.69, 9.17) is 16.3 Å². The molecular weight excluding hydrogens is 288 g/mol. The number of fused-ring (bicyclic) bond motifs is 1. The van der Waals surface area contributed by atoms with Crippen LogP contribution in [0.3, 0.4) is 0 Å². The number of morpholine rings is 1. The Morgan fingerprint density at radius 2 is 2.24 bits per heavy atom. The van der Waals surface area contributed by atoms with Gasteiger partial charge in [0, 0.05) is 25.5 Å². The van der Waals surface area contributed by atoms with Crippen LogP contribution in [0.5, 0.6) is 0 Å². The van der Waals surface area contributed by atoms with E-state index < -0.39 is 0 Å². The van der Waals surface area contributed by atoms with Crippen LogP contribution in [0, 0.1) is 0 Å². The fraction of sp³-hybridized carbons (Fsp3) is 0.600. The zero-order valence-electron chi connectivity index (χ0n) is 12.7. The van der Waals surface area contributed by atoms with Crippen LogP contribution in [-0.2, 0) is 4.74 Å². The molecule has 1 fully saturated rings. The van der Waals surface area contributed by atoms with Gasteiger partial charge in [-0.1, -0.05) is 13.8 Å². The van der Waals surface area contributed by atoms with E-state index in [1.54, 1.807) is 6.20 Å². The minimum Gasteiger partial charge on any atom is -0.370 e. The quantitative estimate of drug-likeness (QED) is 0.818. The number of nitrogens with zero attached hydrogens (tertiary/aromatic N) is 4. The summed E-state index contributed by atoms with van der Waals surface area (Å²) in [6.07, 6.45) is 3.89. The number of anilines is 1. The summed E-state index contributed by atoms with van der Waals surface area (Å²) < 4.78 is 7.73. The van der Waals surface area contributed by atoms with Crippen molar-refractivity contribution in [3.05, 3.63) is 24.2 Å². The molecule has 3 rings (SSSR count). The molecule has 1 aliphatic rings. The molecule has 0 spiro atoms. The van der Waals surface area contributed by atoms with Gasteiger partial charge in [-0.05, 0) is 18.9 Å². The first-order chi connectivity index (χ1) is 10.1. The summed E-state index contributed by atoms with van der Waals surface area (Å²) in [5.74, 6) is 1.86. The van der Waals surface area contributed by atoms with E-state index in [-0.39, 0.29) is 12.2 Å². The average molecular weight is 309 g/mol. The highest BCUT2D eigenvalue weighted by molar-refractivity contribution is 6.18. The van der Waals surface area contributed by atoms with E-state index in [1.165, 1.54) is 0 Å². The molecule has 2 atom stereocenters. The standard InChI is InChI=1S/C15H21ClN4O/c1-10(2)13-6-14-15(17-4-5-20(14)18-13)19-8-11(3)21-12(7-16)9-19/h4-6,10-12H,7-9H2,1-3H3. The molecule has 0 saturated carbocycles. The molecule has 2 aromatic rings. The van der Waals surface area contributed by atoms with Gasteiger partial charge in [0.1, 0.15) is 5.52 Å². The van der Waals surface area contributed by atoms with Gasteiger partial charge >= 0.3 is 0 Å². The lowest BCUT2D eigenvalue weighted by Gasteiger charge is -2.36. The highest BCUT2D eigenvalue weighted by atomic mass is 35.5. The summed E-state index contributed by atoms with van der Waals surface area (Å²) in [6.45, 7) is 7.96. The summed E-state index contributed by atoms with van der Waals surface area (Å²) in [7, 11) is 0. The molecule has 2 unspecified atom stereocenters. The van der Waals surface area contributed by atoms with Crippen LogP contribution in [0.25, 0.3) is 5.52 Å². The van der Waals surface area contributed by atoms with Crippen LogP contribution in [-0.4, -0.2) is 45.8 Å². The van der Waals surface area contributed by atoms with Crippen LogP contribution in [0.2, 0.25) is 0 Å². The van der Waals surface area contributed by atoms with Gasteiger partial charge in [0.05, 0.1) is 23.8 Å². The lowest BCUT2D eigenvalue weighted by Crippen LogP contribution is -2.47. The van der Waals surface area contributed by atoms with Crippen LogP contribution in [0.4, 0.5) is 5.82 Å². The maximum Gasteiger partial charge on any atom is 0.154 e. The van der Waals surface area contributed by atoms with Gasteiger partial charge in [0.15, 0.2) is 5.82 Å². The Kier molecular flexibility index (Phi) is 4.04. The first-order valence-electron chi connectivity index (χ1n) is 7.39. The molecule has 0 aliphatic carbocycles. The molecule has 0 radical (unpaired) electrons. The van der Waals surface area contributed by atoms with Gasteiger partial charge < -0.3 is 9.64 Å². The monoisotopic (exact) mass is 308 g/mol. The number of aromatic nitrogens is 3. The van der Waals surface area contributed by atoms with Gasteiger partial charge in [-0.25, -0.2) is 9.50 Å². The third-order valence-corrected chi connectivity index (χ3v) is 4.12. The van der Waals surface area contributed by atoms with Crippen molar-refractivity contribution in [3.63, 3.8) is 0 Å². The molecule has 6 heteroatoms. The van der Waals surface area contributed by atoms with Crippen LogP contribution in [0.15, 0.2) is 18.5 Å². The van der Waals surface area contributed by atoms with E-state index in [9.17, 15) is 0 Å². The number of rotatable bonds is 3. The second kappa shape index (κ2) is 5.81. The van der Waals surface area contributed by atoms with Crippen LogP contribution < -0.4 is 4.90 Å². The van der Waals surface area contributed by atoms with E-state index in [2.05, 4.69) is 41.8 Å². The maximum absolute atomic E-state index is 5.97. The molecule has 5 nitrogen and oxygen atoms in total. The molecule has 0 amide bonds. The Labute approximate surface area is 129 Å². The van der Waals surface area contributed by atoms with Crippen LogP contribution in [0.1, 0.15) is 32.4 Å². The summed E-state index contributed by atoms with van der Waals surface area (Å²) in [4.78, 5) is 6.83. The average Bonchev–Trinajstić information content (AvgIpc) is 2.90. The molecule has 114 valence electrons. The molecule has 1 saturated heterocycles. The number of hydrogen-bond acceptors (Lipinski definition) is 4. The van der Waals surface area contributed by atoms with Gasteiger partial charge in [-0.15, -0.1) is 11.6 Å². The Morgan fingerprint density at radius 3 is 2.95 bits per heavy atom. The molecule has 0 bridgehead atoms. The normalized spacial score (nSPS) is 23.2. The highest BCUT2D eigenvalue weighted by Gasteiger charge is 2.27. The third-order valence-electron chi connectivity index (χ3n) is 3.78. The summed E-state index contributed by atoms with van der Waals surface area (Å²) in [5, 5.41) is 4.62. The Bertz CT molecular complexity index is 627. The number of alkyl halides is 1. The van der Waals surface area contributed by atoms with E-state index in [1.807, 2.05) is 10.7 Å². The van der Waals surface area contributed by atoms with E-state index in [0.29, 0.717) is 11.8 Å². The van der Waals surface area contributed by atoms with Gasteiger partial charge in [-0.3, -0.25) is 0 Å². The summed E-state index contributed by atoms with van der Waals surface area (Å²) in [5.41, 5.74) is 2.13. The second-order valence-corrected chi connectivity index (χ2v) is 6.24. The topological polar surface area (TPSA) is 42.7 Å². The van der Waals surface area contributed by atoms with Crippen molar-refractivity contribution in [1.82, 2.24) is 14.6 Å². The smallest absolute Gasteiger partial charge is 0.154 e. The number of hydrogen-bond donors (Lipinski definition) is 0. The highest BCUT2D eigenvalue weighted by Crippen LogP contribution is 2.25. The summed E-state index contributed by atoms with van der Waals surface area (Å²) >= 11 is 5.97. The van der Waals surface area contributed by atoms with Crippen molar-refractivity contribution >= 4 is 22.9 Å². The lowest BCUT2D eigenvalue weighted by atomic mass is 10.1. The van der Waals surface area contributed by atoms with Crippen molar-refractivity contribution in [2.24, 2.45) is 0 Å². The lowest BCUT2D eigenvalue weighted by molar-refractivity contribution is -0.00350. The molecule has 0 aromatic carbocycles. The zero-order valence-corrected chi connectivity index (χ0v) is 13.4. The molecule has 0 N–H and O–H groups in total. The number of halogens is 1. The number of ether oxygens (including phenoxy) is 1. The van der Waals surface area contributed by atoms with Crippen molar-refractivity contribution in [2.75, 3.05) is 23.9 Å². The predicted molar refractivity (Wildman–Crippen MR) is 84.3 cm³/mol. The van der Waals surface area contributed by atoms with Crippen LogP contribution >= 0.6 is 11.6 Å². The molecule has 21 heavy (non-hydrogen) atoms. The maximum atomic E-state index is 5.97. The summed E-state index contributed by atoms with van der Waals surface area (Å²) in [6, 6.07) is 2.13. The molecular formula is C15H21ClN4O. The SMILES string of the molecule is CC1CN(c2nccn3nc(C(C)C)cc23)CC(CCl)O1. The first-order valence-corrected chi connectivity index (χ1v) is 7.92. The molecule has 1 aliphatic heterocycles. The molecule has 2 aromatic heterocycles. The fourth-order valence-corrected chi connectivity index (χ4v) is 2.93. The Hall–Kier alpha value is -1.33. The van der Waals surface area contributed by atoms with Crippen molar-refractivity contribution in [2.45, 2.75) is 38.9 Å². The zero-order chi connectivity index (χ0) is 15.0. The van der Waals surface area contributed by atoms with E-state index in [0.717, 1.165) is 30.1 Å². The van der Waals surface area contributed by atoms with Gasteiger partial charge in [-0.2, -0.15) is 5.10 Å². The van der Waals surface area contributed by atoms with E-state index >= 15 is 0 Å². The minimum absolute atomic E-state index is 0.0463. The van der Waals surface area contributed by atoms with Crippen molar-refractivity contribution < 1.29 is 4.74 Å². The second-order valence-electron chi connectivity index (χ2n) is 5.93. The van der Waals surface area contributed by atoms with Crippen molar-refractivity contribution in [3.8, 4) is 0 Å².